The van der Waals surface area contributed by atoms with Gasteiger partial charge in [0.2, 0.25) is 0 Å². The number of likely N-dealkylation sites (tertiary alicyclic amines) is 2. The second-order valence-corrected chi connectivity index (χ2v) is 8.73. The summed E-state index contributed by atoms with van der Waals surface area (Å²) in [5.74, 6) is 2.05. The van der Waals surface area contributed by atoms with Crippen LogP contribution >= 0.6 is 24.0 Å². The van der Waals surface area contributed by atoms with Gasteiger partial charge in [0.1, 0.15) is 0 Å². The highest BCUT2D eigenvalue weighted by atomic mass is 127. The van der Waals surface area contributed by atoms with Gasteiger partial charge in [0.15, 0.2) is 11.7 Å². The van der Waals surface area contributed by atoms with Crippen LogP contribution in [0.2, 0.25) is 0 Å². The summed E-state index contributed by atoms with van der Waals surface area (Å²) in [6, 6.07) is 2.02. The number of aliphatic imine (C=N–C) groups is 1. The van der Waals surface area contributed by atoms with Crippen LogP contribution in [0, 0.1) is 0 Å². The highest BCUT2D eigenvalue weighted by molar-refractivity contribution is 14.0. The number of halogens is 1. The maximum Gasteiger partial charge on any atom is 0.191 e. The van der Waals surface area contributed by atoms with Gasteiger partial charge in [0, 0.05) is 25.2 Å². The molecule has 2 fully saturated rings. The summed E-state index contributed by atoms with van der Waals surface area (Å²) in [6.45, 7) is 10.6. The molecule has 3 rings (SSSR count). The predicted octanol–water partition coefficient (Wildman–Crippen LogP) is 3.03. The Morgan fingerprint density at radius 3 is 2.45 bits per heavy atom. The third-order valence-electron chi connectivity index (χ3n) is 6.35. The van der Waals surface area contributed by atoms with Crippen molar-refractivity contribution in [2.75, 3.05) is 46.8 Å². The molecule has 29 heavy (non-hydrogen) atoms. The van der Waals surface area contributed by atoms with E-state index in [2.05, 4.69) is 51.5 Å². The van der Waals surface area contributed by atoms with Gasteiger partial charge in [-0.15, -0.1) is 24.0 Å². The normalized spacial score (nSPS) is 21.1. The number of hydrogen-bond acceptors (Lipinski definition) is 5. The van der Waals surface area contributed by atoms with Crippen LogP contribution in [0.5, 0.6) is 0 Å². The summed E-state index contributed by atoms with van der Waals surface area (Å²) in [5, 5.41) is 11.1. The Morgan fingerprint density at radius 2 is 1.86 bits per heavy atom. The molecular weight excluding hydrogens is 479 g/mol. The number of piperidine rings is 2. The zero-order valence-corrected chi connectivity index (χ0v) is 20.9. The molecular formula is C21H39IN6O. The number of rotatable bonds is 6. The van der Waals surface area contributed by atoms with Gasteiger partial charge >= 0.3 is 0 Å². The summed E-state index contributed by atoms with van der Waals surface area (Å²) in [4.78, 5) is 9.62. The van der Waals surface area contributed by atoms with Gasteiger partial charge in [-0.25, -0.2) is 0 Å². The van der Waals surface area contributed by atoms with Crippen LogP contribution in [0.25, 0.3) is 0 Å². The fourth-order valence-corrected chi connectivity index (χ4v) is 4.33. The minimum absolute atomic E-state index is 0. The Hall–Kier alpha value is -0.870. The SMILES string of the molecule is CN=C(NCc1cc(C(C)C)no1)NCC1(N2CCCCC2)CCN(C)CC1.I. The number of guanidine groups is 1. The van der Waals surface area contributed by atoms with E-state index in [1.807, 2.05) is 13.1 Å². The number of hydrogen-bond donors (Lipinski definition) is 2. The first-order chi connectivity index (χ1) is 13.5. The van der Waals surface area contributed by atoms with E-state index < -0.39 is 0 Å². The smallest absolute Gasteiger partial charge is 0.191 e. The fraction of sp³-hybridized carbons (Fsp3) is 0.810. The zero-order chi connectivity index (χ0) is 20.0. The van der Waals surface area contributed by atoms with Crippen molar-refractivity contribution >= 4 is 29.9 Å². The highest BCUT2D eigenvalue weighted by Crippen LogP contribution is 2.30. The van der Waals surface area contributed by atoms with E-state index in [9.17, 15) is 0 Å². The minimum atomic E-state index is 0. The summed E-state index contributed by atoms with van der Waals surface area (Å²) in [7, 11) is 4.06. The van der Waals surface area contributed by atoms with Crippen LogP contribution in [0.1, 0.15) is 63.3 Å². The van der Waals surface area contributed by atoms with E-state index in [1.165, 1.54) is 58.3 Å². The summed E-state index contributed by atoms with van der Waals surface area (Å²) in [6.07, 6.45) is 6.46. The van der Waals surface area contributed by atoms with Crippen LogP contribution in [-0.2, 0) is 6.54 Å². The van der Waals surface area contributed by atoms with Crippen molar-refractivity contribution in [2.45, 2.75) is 64.0 Å². The number of aromatic nitrogens is 1. The lowest BCUT2D eigenvalue weighted by molar-refractivity contribution is 0.0173. The summed E-state index contributed by atoms with van der Waals surface area (Å²) in [5.41, 5.74) is 1.23. The third-order valence-corrected chi connectivity index (χ3v) is 6.35. The highest BCUT2D eigenvalue weighted by Gasteiger charge is 2.39. The van der Waals surface area contributed by atoms with Gasteiger partial charge in [0.25, 0.3) is 0 Å². The Bertz CT molecular complexity index is 633. The molecule has 0 spiro atoms. The molecule has 1 aromatic rings. The lowest BCUT2D eigenvalue weighted by Crippen LogP contribution is -2.62. The van der Waals surface area contributed by atoms with Gasteiger partial charge in [-0.2, -0.15) is 0 Å². The van der Waals surface area contributed by atoms with Crippen molar-refractivity contribution < 1.29 is 4.52 Å². The second kappa shape index (κ2) is 11.5. The number of nitrogens with one attached hydrogen (secondary N) is 2. The monoisotopic (exact) mass is 518 g/mol. The lowest BCUT2D eigenvalue weighted by atomic mass is 9.84. The van der Waals surface area contributed by atoms with Crippen molar-refractivity contribution in [3.8, 4) is 0 Å². The molecule has 2 saturated heterocycles. The molecule has 3 heterocycles. The van der Waals surface area contributed by atoms with Gasteiger partial charge < -0.3 is 20.1 Å². The Balaban J connectivity index is 0.00000300. The van der Waals surface area contributed by atoms with Crippen molar-refractivity contribution in [1.82, 2.24) is 25.6 Å². The maximum absolute atomic E-state index is 5.43. The van der Waals surface area contributed by atoms with Crippen LogP contribution in [0.4, 0.5) is 0 Å². The van der Waals surface area contributed by atoms with Crippen LogP contribution < -0.4 is 10.6 Å². The lowest BCUT2D eigenvalue weighted by Gasteiger charge is -2.50. The molecule has 0 aliphatic carbocycles. The molecule has 7 nitrogen and oxygen atoms in total. The molecule has 2 N–H and O–H groups in total. The first-order valence-corrected chi connectivity index (χ1v) is 10.9. The van der Waals surface area contributed by atoms with Crippen molar-refractivity contribution in [3.05, 3.63) is 17.5 Å². The quantitative estimate of drug-likeness (QED) is 0.343. The molecule has 8 heteroatoms. The second-order valence-electron chi connectivity index (χ2n) is 8.73. The first kappa shape index (κ1) is 24.4. The Kier molecular flexibility index (Phi) is 9.68. The van der Waals surface area contributed by atoms with E-state index in [4.69, 9.17) is 4.52 Å². The molecule has 0 bridgehead atoms. The summed E-state index contributed by atoms with van der Waals surface area (Å²) >= 11 is 0. The van der Waals surface area contributed by atoms with Crippen molar-refractivity contribution in [3.63, 3.8) is 0 Å². The Labute approximate surface area is 193 Å². The number of nitrogens with zero attached hydrogens (tertiary/aromatic N) is 4. The van der Waals surface area contributed by atoms with Crippen LogP contribution in [0.3, 0.4) is 0 Å². The molecule has 2 aliphatic rings. The van der Waals surface area contributed by atoms with Crippen LogP contribution in [-0.4, -0.2) is 73.3 Å². The van der Waals surface area contributed by atoms with E-state index in [0.29, 0.717) is 12.5 Å². The minimum Gasteiger partial charge on any atom is -0.359 e. The van der Waals surface area contributed by atoms with E-state index in [1.54, 1.807) is 0 Å². The molecule has 0 atom stereocenters. The Morgan fingerprint density at radius 1 is 1.17 bits per heavy atom. The van der Waals surface area contributed by atoms with Crippen LogP contribution in [0.15, 0.2) is 15.6 Å². The topological polar surface area (TPSA) is 68.9 Å². The molecule has 2 aliphatic heterocycles. The van der Waals surface area contributed by atoms with E-state index in [0.717, 1.165) is 24.0 Å². The molecule has 0 amide bonds. The largest absolute Gasteiger partial charge is 0.359 e. The molecule has 166 valence electrons. The molecule has 0 aromatic carbocycles. The van der Waals surface area contributed by atoms with Gasteiger partial charge in [-0.05, 0) is 64.8 Å². The average Bonchev–Trinajstić information content (AvgIpc) is 3.20. The molecule has 0 radical (unpaired) electrons. The predicted molar refractivity (Wildman–Crippen MR) is 129 cm³/mol. The first-order valence-electron chi connectivity index (χ1n) is 10.9. The zero-order valence-electron chi connectivity index (χ0n) is 18.5. The van der Waals surface area contributed by atoms with Crippen molar-refractivity contribution in [1.29, 1.82) is 0 Å². The van der Waals surface area contributed by atoms with Crippen molar-refractivity contribution in [2.24, 2.45) is 4.99 Å². The maximum atomic E-state index is 5.43. The van der Waals surface area contributed by atoms with Gasteiger partial charge in [-0.1, -0.05) is 25.4 Å². The molecule has 0 saturated carbocycles. The van der Waals surface area contributed by atoms with E-state index in [-0.39, 0.29) is 29.5 Å². The third kappa shape index (κ3) is 6.55. The summed E-state index contributed by atoms with van der Waals surface area (Å²) < 4.78 is 5.43. The van der Waals surface area contributed by atoms with Gasteiger partial charge in [0.05, 0.1) is 12.2 Å². The molecule has 0 unspecified atom stereocenters. The average molecular weight is 518 g/mol. The fourth-order valence-electron chi connectivity index (χ4n) is 4.33. The standard InChI is InChI=1S/C21H38N6O.HI/c1-17(2)19-14-18(28-25-19)15-23-20(22-3)24-16-21(8-12-26(4)13-9-21)27-10-6-5-7-11-27;/h14,17H,5-13,15-16H2,1-4H3,(H2,22,23,24);1H. The molecule has 1 aromatic heterocycles. The van der Waals surface area contributed by atoms with E-state index >= 15 is 0 Å². The van der Waals surface area contributed by atoms with Gasteiger partial charge in [-0.3, -0.25) is 9.89 Å².